The third-order valence-corrected chi connectivity index (χ3v) is 1.14. The first-order valence-electron chi connectivity index (χ1n) is 2.70. The Balaban J connectivity index is 0.000000810. The SMILES string of the molecule is [CH-]=Cc1ccccc1[NH-].[IrH+2]. The van der Waals surface area contributed by atoms with Gasteiger partial charge in [-0.25, -0.2) is 11.8 Å². The van der Waals surface area contributed by atoms with Gasteiger partial charge in [0.1, 0.15) is 0 Å². The van der Waals surface area contributed by atoms with Crippen molar-refractivity contribution < 1.29 is 20.1 Å². The van der Waals surface area contributed by atoms with Crippen molar-refractivity contribution in [3.63, 3.8) is 0 Å². The molecule has 0 aliphatic rings. The molecule has 1 aromatic carbocycles. The van der Waals surface area contributed by atoms with Crippen molar-refractivity contribution >= 4 is 11.8 Å². The van der Waals surface area contributed by atoms with Crippen molar-refractivity contribution in [1.82, 2.24) is 0 Å². The Morgan fingerprint density at radius 1 is 1.30 bits per heavy atom. The summed E-state index contributed by atoms with van der Waals surface area (Å²) in [6.07, 6.45) is 1.43. The summed E-state index contributed by atoms with van der Waals surface area (Å²) in [4.78, 5) is 0. The van der Waals surface area contributed by atoms with Crippen LogP contribution in [-0.4, -0.2) is 0 Å². The molecule has 0 atom stereocenters. The maximum absolute atomic E-state index is 7.26. The Morgan fingerprint density at radius 2 is 1.90 bits per heavy atom. The summed E-state index contributed by atoms with van der Waals surface area (Å²) < 4.78 is 0. The van der Waals surface area contributed by atoms with E-state index in [2.05, 4.69) is 0 Å². The van der Waals surface area contributed by atoms with Gasteiger partial charge in [0, 0.05) is 0 Å². The van der Waals surface area contributed by atoms with E-state index in [1.807, 2.05) is 18.2 Å². The van der Waals surface area contributed by atoms with Crippen molar-refractivity contribution in [3.8, 4) is 0 Å². The van der Waals surface area contributed by atoms with Crippen LogP contribution in [0.5, 0.6) is 0 Å². The molecule has 0 aliphatic heterocycles. The first-order chi connectivity index (χ1) is 4.34. The molecule has 0 amide bonds. The zero-order valence-electron chi connectivity index (χ0n) is 5.32. The summed E-state index contributed by atoms with van der Waals surface area (Å²) in [5, 5.41) is 0. The maximum atomic E-state index is 7.26. The van der Waals surface area contributed by atoms with E-state index < -0.39 is 0 Å². The summed E-state index contributed by atoms with van der Waals surface area (Å²) in [7, 11) is 0. The van der Waals surface area contributed by atoms with Gasteiger partial charge < -0.3 is 5.73 Å². The second-order valence-corrected chi connectivity index (χ2v) is 1.75. The molecular weight excluding hydrogens is 302 g/mol. The van der Waals surface area contributed by atoms with E-state index in [9.17, 15) is 0 Å². The molecule has 0 spiro atoms. The first kappa shape index (κ1) is 9.41. The van der Waals surface area contributed by atoms with Crippen LogP contribution >= 0.6 is 0 Å². The van der Waals surface area contributed by atoms with E-state index in [0.717, 1.165) is 5.56 Å². The van der Waals surface area contributed by atoms with Gasteiger partial charge in [-0.2, -0.15) is 5.56 Å². The molecule has 0 aromatic heterocycles. The molecule has 1 N–H and O–H groups in total. The van der Waals surface area contributed by atoms with Gasteiger partial charge in [-0.3, -0.25) is 6.58 Å². The average molecular weight is 310 g/mol. The number of benzene rings is 1. The molecule has 0 saturated heterocycles. The fraction of sp³-hybridized carbons (Fsp3) is 0. The molecule has 0 saturated carbocycles. The fourth-order valence-corrected chi connectivity index (χ4v) is 0.642. The van der Waals surface area contributed by atoms with Gasteiger partial charge in [-0.1, -0.05) is 18.2 Å². The van der Waals surface area contributed by atoms with Gasteiger partial charge in [0.2, 0.25) is 0 Å². The molecule has 54 valence electrons. The minimum atomic E-state index is 0. The topological polar surface area (TPSA) is 23.8 Å². The molecule has 1 nitrogen and oxygen atoms in total. The van der Waals surface area contributed by atoms with E-state index in [-0.39, 0.29) is 20.1 Å². The predicted octanol–water partition coefficient (Wildman–Crippen LogP) is 2.55. The van der Waals surface area contributed by atoms with Crippen LogP contribution < -0.4 is 0 Å². The third-order valence-electron chi connectivity index (χ3n) is 1.14. The molecule has 0 aliphatic carbocycles. The Morgan fingerprint density at radius 3 is 2.30 bits per heavy atom. The Labute approximate surface area is 74.3 Å². The van der Waals surface area contributed by atoms with Crippen LogP contribution in [0, 0.1) is 6.58 Å². The molecule has 0 heterocycles. The standard InChI is InChI=1S/C8H7N.Ir.H/c1-2-7-5-3-4-6-8(7)9;;/h1-6,9H;;/q-2;+2;. The Hall–Kier alpha value is -0.591. The number of rotatable bonds is 1. The van der Waals surface area contributed by atoms with Crippen LogP contribution in [0.25, 0.3) is 11.8 Å². The molecule has 0 bridgehead atoms. The average Bonchev–Trinajstić information content (AvgIpc) is 1.89. The van der Waals surface area contributed by atoms with E-state index in [1.165, 1.54) is 6.08 Å². The normalized spacial score (nSPS) is 8.00. The van der Waals surface area contributed by atoms with Crippen molar-refractivity contribution in [2.45, 2.75) is 0 Å². The van der Waals surface area contributed by atoms with Gasteiger partial charge in [-0.05, 0) is 0 Å². The van der Waals surface area contributed by atoms with Crippen LogP contribution in [0.1, 0.15) is 5.56 Å². The van der Waals surface area contributed by atoms with E-state index in [4.69, 9.17) is 12.3 Å². The van der Waals surface area contributed by atoms with E-state index in [1.54, 1.807) is 6.07 Å². The molecule has 1 radical (unpaired) electrons. The third kappa shape index (κ3) is 1.98. The van der Waals surface area contributed by atoms with Crippen molar-refractivity contribution in [3.05, 3.63) is 42.1 Å². The second-order valence-electron chi connectivity index (χ2n) is 1.75. The Kier molecular flexibility index (Phi) is 4.01. The number of hydrogen-bond donors (Lipinski definition) is 0. The molecule has 10 heavy (non-hydrogen) atoms. The van der Waals surface area contributed by atoms with Crippen LogP contribution in [0.3, 0.4) is 0 Å². The molecule has 0 unspecified atom stereocenters. The van der Waals surface area contributed by atoms with Crippen molar-refractivity contribution in [2.75, 3.05) is 0 Å². The quantitative estimate of drug-likeness (QED) is 0.712. The fourth-order valence-electron chi connectivity index (χ4n) is 0.642. The van der Waals surface area contributed by atoms with Gasteiger partial charge in [0.05, 0.1) is 0 Å². The summed E-state index contributed by atoms with van der Waals surface area (Å²) in [5.74, 6) is 0. The van der Waals surface area contributed by atoms with Crippen molar-refractivity contribution in [1.29, 1.82) is 0 Å². The molecule has 2 heteroatoms. The summed E-state index contributed by atoms with van der Waals surface area (Å²) in [6.45, 7) is 5.21. The number of hydrogen-bond acceptors (Lipinski definition) is 0. The van der Waals surface area contributed by atoms with Gasteiger partial charge in [0.25, 0.3) is 0 Å². The van der Waals surface area contributed by atoms with Crippen LogP contribution in [0.4, 0.5) is 5.69 Å². The van der Waals surface area contributed by atoms with Gasteiger partial charge in [0.15, 0.2) is 0 Å². The van der Waals surface area contributed by atoms with Crippen molar-refractivity contribution in [2.24, 2.45) is 0 Å². The molecule has 0 fully saturated rings. The second kappa shape index (κ2) is 4.26. The van der Waals surface area contributed by atoms with Crippen LogP contribution in [-0.2, 0) is 20.1 Å². The Bertz CT molecular complexity index is 220. The minimum absolute atomic E-state index is 0. The molecule has 1 aromatic rings. The summed E-state index contributed by atoms with van der Waals surface area (Å²) in [6, 6.07) is 7.19. The van der Waals surface area contributed by atoms with E-state index >= 15 is 0 Å². The predicted molar refractivity (Wildman–Crippen MR) is 40.6 cm³/mol. The zero-order valence-corrected chi connectivity index (χ0v) is 7.86. The molecular formula is C8H8IrN. The first-order valence-corrected chi connectivity index (χ1v) is 2.70. The van der Waals surface area contributed by atoms with E-state index in [0.29, 0.717) is 5.69 Å². The zero-order chi connectivity index (χ0) is 6.69. The summed E-state index contributed by atoms with van der Waals surface area (Å²) >= 11 is 0. The monoisotopic (exact) mass is 311 g/mol. The van der Waals surface area contributed by atoms with Gasteiger partial charge in [-0.15, -0.1) is 6.07 Å². The van der Waals surface area contributed by atoms with Crippen LogP contribution in [0.2, 0.25) is 0 Å². The van der Waals surface area contributed by atoms with Crippen LogP contribution in [0.15, 0.2) is 24.3 Å². The summed E-state index contributed by atoms with van der Waals surface area (Å²) in [5.41, 5.74) is 8.51. The molecule has 1 rings (SSSR count). The number of nitrogens with one attached hydrogen (secondary N) is 1. The van der Waals surface area contributed by atoms with Gasteiger partial charge >= 0.3 is 20.1 Å².